The van der Waals surface area contributed by atoms with Gasteiger partial charge in [0, 0.05) is 32.3 Å². The van der Waals surface area contributed by atoms with Gasteiger partial charge >= 0.3 is 0 Å². The van der Waals surface area contributed by atoms with Crippen LogP contribution in [0.4, 0.5) is 0 Å². The van der Waals surface area contributed by atoms with Crippen LogP contribution in [-0.4, -0.2) is 41.2 Å². The molecule has 0 N–H and O–H groups in total. The summed E-state index contributed by atoms with van der Waals surface area (Å²) in [4.78, 5) is 15.8. The summed E-state index contributed by atoms with van der Waals surface area (Å²) in [6, 6.07) is 4.32. The van der Waals surface area contributed by atoms with E-state index < -0.39 is 0 Å². The van der Waals surface area contributed by atoms with Gasteiger partial charge in [-0.15, -0.1) is 0 Å². The van der Waals surface area contributed by atoms with Crippen molar-refractivity contribution < 1.29 is 9.53 Å². The first-order valence-electron chi connectivity index (χ1n) is 13.1. The number of hydrogen-bond acceptors (Lipinski definition) is 3. The maximum absolute atomic E-state index is 13.8. The van der Waals surface area contributed by atoms with Gasteiger partial charge in [0.15, 0.2) is 0 Å². The molecule has 0 saturated heterocycles. The first-order chi connectivity index (χ1) is 16.3. The highest BCUT2D eigenvalue weighted by Crippen LogP contribution is 2.19. The Morgan fingerprint density at radius 1 is 1.18 bits per heavy atom. The summed E-state index contributed by atoms with van der Waals surface area (Å²) in [5.41, 5.74) is 1.05. The van der Waals surface area contributed by atoms with Gasteiger partial charge in [-0.25, -0.2) is 0 Å². The quantitative estimate of drug-likeness (QED) is 0.322. The lowest BCUT2D eigenvalue weighted by molar-refractivity contribution is 0.0575. The molecule has 1 aromatic rings. The number of allylic oxidation sites excluding steroid dienone is 1. The topological polar surface area (TPSA) is 58.3 Å². The van der Waals surface area contributed by atoms with Crippen LogP contribution in [-0.2, 0) is 11.3 Å². The lowest BCUT2D eigenvalue weighted by atomic mass is 10.0. The van der Waals surface area contributed by atoms with Gasteiger partial charge in [-0.3, -0.25) is 4.79 Å². The van der Waals surface area contributed by atoms with Crippen LogP contribution in [0.5, 0.6) is 0 Å². The van der Waals surface area contributed by atoms with Gasteiger partial charge < -0.3 is 14.2 Å². The molecule has 0 spiro atoms. The normalized spacial score (nSPS) is 12.4. The van der Waals surface area contributed by atoms with Crippen LogP contribution >= 0.6 is 0 Å². The molecule has 0 aromatic carbocycles. The van der Waals surface area contributed by atoms with E-state index in [0.717, 1.165) is 38.5 Å². The highest BCUT2D eigenvalue weighted by Gasteiger charge is 2.28. The van der Waals surface area contributed by atoms with Crippen LogP contribution in [0.25, 0.3) is 12.2 Å². The molecule has 0 radical (unpaired) electrons. The molecule has 0 aliphatic heterocycles. The maximum Gasteiger partial charge on any atom is 0.270 e. The van der Waals surface area contributed by atoms with E-state index >= 15 is 0 Å². The van der Waals surface area contributed by atoms with Gasteiger partial charge in [-0.2, -0.15) is 5.26 Å². The standard InChI is InChI=1S/C25H39N3O2.C4H10/c1-8-11-14-22(10-3)28(19(4)5)25(29)23-17-20(6)24(21(9-2)18-26)27(23)15-12-13-16-30-7;1-3-4-2/h9,17,19,22H,2,6,8,10-16H2,1,3-5,7H3;3-4H2,1-2H3/b24-21-;. The average molecular weight is 472 g/mol. The van der Waals surface area contributed by atoms with Crippen LogP contribution in [0, 0.1) is 11.3 Å². The molecule has 1 aromatic heterocycles. The Morgan fingerprint density at radius 3 is 2.26 bits per heavy atom. The molecular formula is C29H49N3O2. The summed E-state index contributed by atoms with van der Waals surface area (Å²) in [5, 5.41) is 11.0. The number of ether oxygens (including phenoxy) is 1. The van der Waals surface area contributed by atoms with Gasteiger partial charge in [0.05, 0.1) is 10.9 Å². The first-order valence-corrected chi connectivity index (χ1v) is 13.1. The molecule has 5 nitrogen and oxygen atoms in total. The number of unbranched alkanes of at least 4 members (excludes halogenated alkanes) is 3. The Balaban J connectivity index is 0.00000251. The Morgan fingerprint density at radius 2 is 1.82 bits per heavy atom. The van der Waals surface area contributed by atoms with Gasteiger partial charge in [0.25, 0.3) is 5.91 Å². The Hall–Kier alpha value is -2.32. The van der Waals surface area contributed by atoms with E-state index in [4.69, 9.17) is 4.74 Å². The van der Waals surface area contributed by atoms with Crippen molar-refractivity contribution in [3.05, 3.63) is 35.0 Å². The Bertz CT molecular complexity index is 874. The predicted molar refractivity (Wildman–Crippen MR) is 145 cm³/mol. The number of rotatable bonds is 14. The van der Waals surface area contributed by atoms with Crippen molar-refractivity contribution >= 4 is 18.1 Å². The van der Waals surface area contributed by atoms with Crippen molar-refractivity contribution in [2.45, 2.75) is 112 Å². The SMILES string of the molecule is C=C/C(C#N)=c1\c(=C)cc(C(=O)N(C(C)C)C(CC)CCCC)n1CCCCOC.CCCC. The number of methoxy groups -OCH3 is 1. The van der Waals surface area contributed by atoms with Crippen LogP contribution < -0.4 is 10.6 Å². The van der Waals surface area contributed by atoms with Gasteiger partial charge in [0.2, 0.25) is 0 Å². The number of carbonyl (C=O) groups is 1. The minimum atomic E-state index is 0.0113. The van der Waals surface area contributed by atoms with E-state index in [-0.39, 0.29) is 18.0 Å². The van der Waals surface area contributed by atoms with E-state index in [1.165, 1.54) is 12.8 Å². The summed E-state index contributed by atoms with van der Waals surface area (Å²) in [5.74, 6) is 0.0113. The molecular weight excluding hydrogens is 422 g/mol. The summed E-state index contributed by atoms with van der Waals surface area (Å²) in [6.07, 6.45) is 10.0. The van der Waals surface area contributed by atoms with E-state index in [1.54, 1.807) is 13.2 Å². The van der Waals surface area contributed by atoms with E-state index in [9.17, 15) is 10.1 Å². The van der Waals surface area contributed by atoms with Crippen LogP contribution in [0.1, 0.15) is 103 Å². The zero-order valence-electron chi connectivity index (χ0n) is 23.0. The Labute approximate surface area is 208 Å². The number of nitrogens with zero attached hydrogens (tertiary/aromatic N) is 3. The molecule has 0 fully saturated rings. The summed E-state index contributed by atoms with van der Waals surface area (Å²) in [7, 11) is 1.69. The van der Waals surface area contributed by atoms with Gasteiger partial charge in [-0.05, 0) is 56.9 Å². The third-order valence-electron chi connectivity index (χ3n) is 6.00. The van der Waals surface area contributed by atoms with Gasteiger partial charge in [0.1, 0.15) is 11.8 Å². The van der Waals surface area contributed by atoms with E-state index in [0.29, 0.717) is 35.0 Å². The van der Waals surface area contributed by atoms with Crippen molar-refractivity contribution in [2.24, 2.45) is 0 Å². The molecule has 5 heteroatoms. The number of hydrogen-bond donors (Lipinski definition) is 0. The highest BCUT2D eigenvalue weighted by molar-refractivity contribution is 5.93. The Kier molecular flexibility index (Phi) is 16.8. The molecule has 0 aliphatic rings. The highest BCUT2D eigenvalue weighted by atomic mass is 16.5. The lowest BCUT2D eigenvalue weighted by Gasteiger charge is -2.35. The summed E-state index contributed by atoms with van der Waals surface area (Å²) < 4.78 is 7.13. The average Bonchev–Trinajstić information content (AvgIpc) is 3.15. The van der Waals surface area contributed by atoms with Gasteiger partial charge in [-0.1, -0.05) is 66.5 Å². The molecule has 192 valence electrons. The fourth-order valence-electron chi connectivity index (χ4n) is 3.98. The molecule has 1 heterocycles. The van der Waals surface area contributed by atoms with Crippen molar-refractivity contribution in [1.29, 1.82) is 5.26 Å². The third kappa shape index (κ3) is 9.50. The number of amides is 1. The van der Waals surface area contributed by atoms with Crippen LogP contribution in [0.2, 0.25) is 0 Å². The minimum Gasteiger partial charge on any atom is -0.385 e. The number of carbonyl (C=O) groups excluding carboxylic acids is 1. The molecule has 34 heavy (non-hydrogen) atoms. The van der Waals surface area contributed by atoms with Crippen molar-refractivity contribution in [1.82, 2.24) is 9.47 Å². The number of aromatic nitrogens is 1. The second kappa shape index (κ2) is 18.1. The third-order valence-corrected chi connectivity index (χ3v) is 6.00. The second-order valence-corrected chi connectivity index (χ2v) is 9.00. The largest absolute Gasteiger partial charge is 0.385 e. The summed E-state index contributed by atoms with van der Waals surface area (Å²) in [6.45, 7) is 22.0. The maximum atomic E-state index is 13.8. The smallest absolute Gasteiger partial charge is 0.270 e. The predicted octanol–water partition coefficient (Wildman–Crippen LogP) is 5.81. The van der Waals surface area contributed by atoms with Crippen LogP contribution in [0.15, 0.2) is 18.7 Å². The zero-order valence-corrected chi connectivity index (χ0v) is 23.0. The molecule has 1 rings (SSSR count). The molecule has 1 atom stereocenters. The summed E-state index contributed by atoms with van der Waals surface area (Å²) >= 11 is 0. The molecule has 0 aliphatic carbocycles. The minimum absolute atomic E-state index is 0.0113. The number of nitriles is 1. The molecule has 0 bridgehead atoms. The van der Waals surface area contributed by atoms with Crippen molar-refractivity contribution in [2.75, 3.05) is 13.7 Å². The fourth-order valence-corrected chi connectivity index (χ4v) is 3.98. The second-order valence-electron chi connectivity index (χ2n) is 9.00. The fraction of sp³-hybridized carbons (Fsp3) is 0.655. The first kappa shape index (κ1) is 31.7. The van der Waals surface area contributed by atoms with E-state index in [2.05, 4.69) is 60.8 Å². The molecule has 1 unspecified atom stereocenters. The monoisotopic (exact) mass is 471 g/mol. The molecule has 0 saturated carbocycles. The van der Waals surface area contributed by atoms with E-state index in [1.807, 2.05) is 15.5 Å². The van der Waals surface area contributed by atoms with Crippen LogP contribution in [0.3, 0.4) is 0 Å². The zero-order chi connectivity index (χ0) is 26.1. The van der Waals surface area contributed by atoms with Crippen molar-refractivity contribution in [3.63, 3.8) is 0 Å². The lowest BCUT2D eigenvalue weighted by Crippen LogP contribution is -2.45. The molecule has 1 amide bonds. The van der Waals surface area contributed by atoms with Crippen molar-refractivity contribution in [3.8, 4) is 6.07 Å².